The number of halogens is 1. The number of hydrogen-bond acceptors (Lipinski definition) is 4. The Balaban J connectivity index is 2.21. The summed E-state index contributed by atoms with van der Waals surface area (Å²) in [5.41, 5.74) is 8.94. The lowest BCUT2D eigenvalue weighted by Crippen LogP contribution is -1.87. The number of hydrogen-bond donors (Lipinski definition) is 1. The first-order valence-corrected chi connectivity index (χ1v) is 7.39. The Morgan fingerprint density at radius 3 is 2.84 bits per heavy atom. The molecule has 0 radical (unpaired) electrons. The number of nitrogens with zero attached hydrogens (tertiary/aromatic N) is 1. The number of nitrogens with two attached hydrogens (primary N) is 1. The molecule has 2 aromatic heterocycles. The molecule has 2 N–H and O–H groups in total. The molecule has 96 valence electrons. The second-order valence-corrected chi connectivity index (χ2v) is 6.03. The van der Waals surface area contributed by atoms with Crippen molar-refractivity contribution < 1.29 is 4.52 Å². The maximum atomic E-state index is 5.94. The zero-order valence-corrected chi connectivity index (χ0v) is 12.6. The summed E-state index contributed by atoms with van der Waals surface area (Å²) in [5.74, 6) is 1.12. The van der Waals surface area contributed by atoms with Gasteiger partial charge >= 0.3 is 0 Å². The van der Waals surface area contributed by atoms with Crippen LogP contribution in [0.1, 0.15) is 5.56 Å². The van der Waals surface area contributed by atoms with Crippen molar-refractivity contribution in [2.45, 2.75) is 6.92 Å². The van der Waals surface area contributed by atoms with Crippen LogP contribution in [0.2, 0.25) is 0 Å². The molecule has 0 aliphatic rings. The van der Waals surface area contributed by atoms with Crippen molar-refractivity contribution in [3.8, 4) is 21.8 Å². The molecule has 3 aromatic rings. The number of anilines is 1. The molecule has 2 heterocycles. The number of benzene rings is 1. The Hall–Kier alpha value is -1.59. The van der Waals surface area contributed by atoms with E-state index in [2.05, 4.69) is 21.1 Å². The molecule has 0 aliphatic heterocycles. The number of aromatic nitrogens is 1. The molecular formula is C14H11BrN2OS. The van der Waals surface area contributed by atoms with Crippen molar-refractivity contribution in [2.24, 2.45) is 0 Å². The Kier molecular flexibility index (Phi) is 3.16. The van der Waals surface area contributed by atoms with Gasteiger partial charge in [0.1, 0.15) is 0 Å². The van der Waals surface area contributed by atoms with Crippen molar-refractivity contribution >= 4 is 33.1 Å². The second kappa shape index (κ2) is 4.83. The fourth-order valence-corrected chi connectivity index (χ4v) is 3.40. The van der Waals surface area contributed by atoms with Gasteiger partial charge in [0, 0.05) is 14.9 Å². The van der Waals surface area contributed by atoms with E-state index in [1.165, 1.54) is 5.56 Å². The van der Waals surface area contributed by atoms with Crippen LogP contribution < -0.4 is 5.73 Å². The Labute approximate surface area is 123 Å². The maximum absolute atomic E-state index is 5.94. The van der Waals surface area contributed by atoms with E-state index in [4.69, 9.17) is 10.3 Å². The summed E-state index contributed by atoms with van der Waals surface area (Å²) >= 11 is 5.18. The Morgan fingerprint density at radius 2 is 2.16 bits per heavy atom. The molecule has 0 aliphatic carbocycles. The molecule has 0 atom stereocenters. The van der Waals surface area contributed by atoms with E-state index in [-0.39, 0.29) is 0 Å². The molecule has 0 amide bonds. The fourth-order valence-electron chi connectivity index (χ4n) is 1.95. The highest BCUT2D eigenvalue weighted by Crippen LogP contribution is 2.41. The van der Waals surface area contributed by atoms with Gasteiger partial charge in [0.25, 0.3) is 0 Å². The van der Waals surface area contributed by atoms with Crippen molar-refractivity contribution in [1.82, 2.24) is 5.16 Å². The van der Waals surface area contributed by atoms with E-state index in [9.17, 15) is 0 Å². The monoisotopic (exact) mass is 334 g/mol. The SMILES string of the molecule is Cc1ccc(-c2onc(N)c2-c2cccs2)c(Br)c1. The van der Waals surface area contributed by atoms with Crippen molar-refractivity contribution in [1.29, 1.82) is 0 Å². The van der Waals surface area contributed by atoms with Gasteiger partial charge in [-0.05, 0) is 36.1 Å². The number of aryl methyl sites for hydroxylation is 1. The molecule has 0 saturated carbocycles. The number of rotatable bonds is 2. The third-order valence-electron chi connectivity index (χ3n) is 2.86. The molecular weight excluding hydrogens is 324 g/mol. The average Bonchev–Trinajstić information content (AvgIpc) is 2.98. The van der Waals surface area contributed by atoms with Gasteiger partial charge < -0.3 is 10.3 Å². The summed E-state index contributed by atoms with van der Waals surface area (Å²) in [7, 11) is 0. The van der Waals surface area contributed by atoms with Crippen molar-refractivity contribution in [3.05, 3.63) is 45.7 Å². The van der Waals surface area contributed by atoms with E-state index in [1.807, 2.05) is 42.6 Å². The van der Waals surface area contributed by atoms with Gasteiger partial charge in [0.05, 0.1) is 5.56 Å². The third-order valence-corrected chi connectivity index (χ3v) is 4.40. The van der Waals surface area contributed by atoms with Crippen LogP contribution in [0.5, 0.6) is 0 Å². The lowest BCUT2D eigenvalue weighted by Gasteiger charge is -2.04. The molecule has 0 unspecified atom stereocenters. The van der Waals surface area contributed by atoms with Crippen LogP contribution >= 0.6 is 27.3 Å². The molecule has 0 saturated heterocycles. The summed E-state index contributed by atoms with van der Waals surface area (Å²) in [6.45, 7) is 2.05. The van der Waals surface area contributed by atoms with E-state index in [0.29, 0.717) is 11.6 Å². The number of thiophene rings is 1. The van der Waals surface area contributed by atoms with Gasteiger partial charge in [0.2, 0.25) is 0 Å². The van der Waals surface area contributed by atoms with Crippen molar-refractivity contribution in [3.63, 3.8) is 0 Å². The van der Waals surface area contributed by atoms with E-state index in [1.54, 1.807) is 11.3 Å². The highest BCUT2D eigenvalue weighted by atomic mass is 79.9. The number of nitrogen functional groups attached to an aromatic ring is 1. The van der Waals surface area contributed by atoms with Crippen LogP contribution in [0, 0.1) is 6.92 Å². The minimum absolute atomic E-state index is 0.421. The fraction of sp³-hybridized carbons (Fsp3) is 0.0714. The van der Waals surface area contributed by atoms with Crippen LogP contribution in [0.3, 0.4) is 0 Å². The normalized spacial score (nSPS) is 10.8. The van der Waals surface area contributed by atoms with E-state index < -0.39 is 0 Å². The lowest BCUT2D eigenvalue weighted by atomic mass is 10.1. The zero-order valence-electron chi connectivity index (χ0n) is 10.2. The van der Waals surface area contributed by atoms with Crippen LogP contribution in [0.4, 0.5) is 5.82 Å². The van der Waals surface area contributed by atoms with Gasteiger partial charge in [-0.25, -0.2) is 0 Å². The van der Waals surface area contributed by atoms with Gasteiger partial charge in [-0.15, -0.1) is 11.3 Å². The first-order chi connectivity index (χ1) is 9.16. The van der Waals surface area contributed by atoms with Crippen LogP contribution in [-0.2, 0) is 0 Å². The summed E-state index contributed by atoms with van der Waals surface area (Å²) in [4.78, 5) is 1.06. The molecule has 0 fully saturated rings. The Morgan fingerprint density at radius 1 is 1.32 bits per heavy atom. The van der Waals surface area contributed by atoms with Gasteiger partial charge in [-0.1, -0.05) is 33.2 Å². The summed E-state index contributed by atoms with van der Waals surface area (Å²) in [6.07, 6.45) is 0. The smallest absolute Gasteiger partial charge is 0.178 e. The lowest BCUT2D eigenvalue weighted by molar-refractivity contribution is 0.436. The molecule has 5 heteroatoms. The van der Waals surface area contributed by atoms with Gasteiger partial charge in [-0.2, -0.15) is 0 Å². The predicted molar refractivity (Wildman–Crippen MR) is 82.1 cm³/mol. The van der Waals surface area contributed by atoms with Gasteiger partial charge in [0.15, 0.2) is 11.6 Å². The summed E-state index contributed by atoms with van der Waals surface area (Å²) in [6, 6.07) is 10.1. The maximum Gasteiger partial charge on any atom is 0.178 e. The third kappa shape index (κ3) is 2.19. The van der Waals surface area contributed by atoms with Crippen molar-refractivity contribution in [2.75, 3.05) is 5.73 Å². The van der Waals surface area contributed by atoms with E-state index in [0.717, 1.165) is 20.5 Å². The van der Waals surface area contributed by atoms with Crippen LogP contribution in [0.25, 0.3) is 21.8 Å². The summed E-state index contributed by atoms with van der Waals surface area (Å²) < 4.78 is 6.40. The van der Waals surface area contributed by atoms with Crippen LogP contribution in [0.15, 0.2) is 44.7 Å². The molecule has 1 aromatic carbocycles. The zero-order chi connectivity index (χ0) is 13.4. The highest BCUT2D eigenvalue weighted by molar-refractivity contribution is 9.10. The summed E-state index contributed by atoms with van der Waals surface area (Å²) in [5, 5.41) is 5.91. The minimum atomic E-state index is 0.421. The molecule has 3 nitrogen and oxygen atoms in total. The molecule has 19 heavy (non-hydrogen) atoms. The predicted octanol–water partition coefficient (Wildman–Crippen LogP) is 4.72. The first-order valence-electron chi connectivity index (χ1n) is 5.72. The largest absolute Gasteiger partial charge is 0.380 e. The second-order valence-electron chi connectivity index (χ2n) is 4.23. The molecule has 0 bridgehead atoms. The Bertz CT molecular complexity index is 719. The van der Waals surface area contributed by atoms with Gasteiger partial charge in [-0.3, -0.25) is 0 Å². The average molecular weight is 335 g/mol. The first kappa shape index (κ1) is 12.4. The standard InChI is InChI=1S/C14H11BrN2OS/c1-8-4-5-9(10(15)7-8)13-12(14(16)17-18-13)11-3-2-6-19-11/h2-7H,1H3,(H2,16,17). The highest BCUT2D eigenvalue weighted by Gasteiger charge is 2.20. The van der Waals surface area contributed by atoms with Crippen LogP contribution in [-0.4, -0.2) is 5.16 Å². The quantitative estimate of drug-likeness (QED) is 0.737. The van der Waals surface area contributed by atoms with E-state index >= 15 is 0 Å². The topological polar surface area (TPSA) is 52.0 Å². The molecule has 3 rings (SSSR count). The molecule has 0 spiro atoms. The minimum Gasteiger partial charge on any atom is -0.380 e.